The van der Waals surface area contributed by atoms with Gasteiger partial charge in [-0.15, -0.1) is 0 Å². The Morgan fingerprint density at radius 2 is 1.72 bits per heavy atom. The summed E-state index contributed by atoms with van der Waals surface area (Å²) < 4.78 is 2.14. The van der Waals surface area contributed by atoms with Crippen LogP contribution in [0, 0.1) is 0 Å². The van der Waals surface area contributed by atoms with Gasteiger partial charge in [0.2, 0.25) is 0 Å². The molecule has 6 heteroatoms. The van der Waals surface area contributed by atoms with E-state index in [9.17, 15) is 4.79 Å². The van der Waals surface area contributed by atoms with Crippen LogP contribution in [0.25, 0.3) is 17.0 Å². The monoisotopic (exact) mass is 459 g/mol. The second-order valence-corrected chi connectivity index (χ2v) is 8.50. The highest BCUT2D eigenvalue weighted by Gasteiger charge is 2.29. The maximum absolute atomic E-state index is 13.1. The number of nitrogens with zero attached hydrogens (tertiary/aromatic N) is 3. The molecule has 1 aliphatic heterocycles. The molecule has 158 valence electrons. The highest BCUT2D eigenvalue weighted by atomic mass is 35.5. The predicted molar refractivity (Wildman–Crippen MR) is 133 cm³/mol. The maximum atomic E-state index is 13.1. The van der Waals surface area contributed by atoms with E-state index in [2.05, 4.69) is 21.8 Å². The number of carbonyl (C=O) groups excluding carboxylic acids is 1. The summed E-state index contributed by atoms with van der Waals surface area (Å²) in [4.78, 5) is 13.1. The second kappa shape index (κ2) is 8.30. The minimum Gasteiger partial charge on any atom is -0.342 e. The Morgan fingerprint density at radius 3 is 2.50 bits per heavy atom. The van der Waals surface area contributed by atoms with E-state index in [0.29, 0.717) is 27.9 Å². The number of fused-ring (bicyclic) bond motifs is 1. The van der Waals surface area contributed by atoms with Gasteiger partial charge in [0, 0.05) is 39.3 Å². The van der Waals surface area contributed by atoms with E-state index in [0.717, 1.165) is 27.7 Å². The van der Waals surface area contributed by atoms with Crippen molar-refractivity contribution >= 4 is 57.5 Å². The number of rotatable bonds is 4. The molecular weight excluding hydrogens is 441 g/mol. The van der Waals surface area contributed by atoms with Crippen LogP contribution in [0.1, 0.15) is 18.1 Å². The van der Waals surface area contributed by atoms with Gasteiger partial charge in [-0.2, -0.15) is 10.1 Å². The molecule has 0 radical (unpaired) electrons. The molecule has 32 heavy (non-hydrogen) atoms. The molecule has 4 nitrogen and oxygen atoms in total. The van der Waals surface area contributed by atoms with Gasteiger partial charge in [0.1, 0.15) is 0 Å². The lowest BCUT2D eigenvalue weighted by Crippen LogP contribution is -2.21. The molecular formula is C26H19Cl2N3O. The molecule has 5 rings (SSSR count). The van der Waals surface area contributed by atoms with Crippen molar-refractivity contribution in [1.29, 1.82) is 0 Å². The molecule has 0 atom stereocenters. The van der Waals surface area contributed by atoms with Gasteiger partial charge in [-0.3, -0.25) is 4.79 Å². The van der Waals surface area contributed by atoms with Crippen molar-refractivity contribution in [2.45, 2.75) is 13.5 Å². The largest absolute Gasteiger partial charge is 0.342 e. The molecule has 0 bridgehead atoms. The second-order valence-electron chi connectivity index (χ2n) is 7.66. The van der Waals surface area contributed by atoms with Crippen molar-refractivity contribution in [3.05, 3.63) is 106 Å². The molecule has 0 unspecified atom stereocenters. The van der Waals surface area contributed by atoms with E-state index in [1.807, 2.05) is 73.8 Å². The highest BCUT2D eigenvalue weighted by molar-refractivity contribution is 6.35. The van der Waals surface area contributed by atoms with E-state index in [4.69, 9.17) is 23.2 Å². The zero-order chi connectivity index (χ0) is 22.2. The van der Waals surface area contributed by atoms with Crippen molar-refractivity contribution in [1.82, 2.24) is 4.57 Å². The number of halogens is 2. The van der Waals surface area contributed by atoms with Gasteiger partial charge in [0.15, 0.2) is 0 Å². The third-order valence-electron chi connectivity index (χ3n) is 5.54. The topological polar surface area (TPSA) is 37.6 Å². The zero-order valence-corrected chi connectivity index (χ0v) is 18.8. The minimum absolute atomic E-state index is 0.133. The lowest BCUT2D eigenvalue weighted by atomic mass is 10.1. The van der Waals surface area contributed by atoms with Crippen molar-refractivity contribution in [2.24, 2.45) is 5.10 Å². The molecule has 1 aromatic heterocycles. The first-order chi connectivity index (χ1) is 15.5. The van der Waals surface area contributed by atoms with E-state index in [1.54, 1.807) is 6.07 Å². The molecule has 3 aromatic carbocycles. The lowest BCUT2D eigenvalue weighted by Gasteiger charge is -2.10. The Kier molecular flexibility index (Phi) is 5.33. The number of aromatic nitrogens is 1. The van der Waals surface area contributed by atoms with Gasteiger partial charge in [-0.05, 0) is 48.9 Å². The minimum atomic E-state index is -0.133. The molecule has 0 saturated heterocycles. The smallest absolute Gasteiger partial charge is 0.280 e. The number of para-hydroxylation sites is 2. The molecule has 0 spiro atoms. The van der Waals surface area contributed by atoms with Crippen LogP contribution in [0.5, 0.6) is 0 Å². The third kappa shape index (κ3) is 3.72. The number of benzene rings is 3. The van der Waals surface area contributed by atoms with Crippen LogP contribution >= 0.6 is 23.2 Å². The SMILES string of the molecule is CC1=NN(c2ccccc2)C(=O)/C1=C/c1cn(Cc2ccc(Cl)cc2Cl)c2ccccc12. The van der Waals surface area contributed by atoms with Gasteiger partial charge < -0.3 is 4.57 Å². The van der Waals surface area contributed by atoms with Crippen LogP contribution in [-0.2, 0) is 11.3 Å². The summed E-state index contributed by atoms with van der Waals surface area (Å²) in [7, 11) is 0. The van der Waals surface area contributed by atoms with Crippen molar-refractivity contribution < 1.29 is 4.79 Å². The number of amides is 1. The summed E-state index contributed by atoms with van der Waals surface area (Å²) in [5.41, 5.74) is 5.02. The Bertz CT molecular complexity index is 1400. The quantitative estimate of drug-likeness (QED) is 0.309. The molecule has 1 aliphatic rings. The Hall–Kier alpha value is -3.34. The van der Waals surface area contributed by atoms with Crippen molar-refractivity contribution in [2.75, 3.05) is 5.01 Å². The number of hydrogen-bond donors (Lipinski definition) is 0. The fourth-order valence-corrected chi connectivity index (χ4v) is 4.41. The summed E-state index contributed by atoms with van der Waals surface area (Å²) in [6.07, 6.45) is 3.97. The average molecular weight is 460 g/mol. The molecule has 4 aromatic rings. The van der Waals surface area contributed by atoms with Gasteiger partial charge in [-0.25, -0.2) is 0 Å². The van der Waals surface area contributed by atoms with Crippen LogP contribution in [0.2, 0.25) is 10.0 Å². The zero-order valence-electron chi connectivity index (χ0n) is 17.3. The van der Waals surface area contributed by atoms with Gasteiger partial charge in [-0.1, -0.05) is 65.7 Å². The first-order valence-electron chi connectivity index (χ1n) is 10.2. The van der Waals surface area contributed by atoms with Gasteiger partial charge in [0.05, 0.1) is 17.0 Å². The fraction of sp³-hybridized carbons (Fsp3) is 0.0769. The summed E-state index contributed by atoms with van der Waals surface area (Å²) in [5, 5.41) is 8.24. The van der Waals surface area contributed by atoms with Gasteiger partial charge >= 0.3 is 0 Å². The van der Waals surface area contributed by atoms with E-state index < -0.39 is 0 Å². The maximum Gasteiger partial charge on any atom is 0.280 e. The standard InChI is InChI=1S/C26H19Cl2N3O/c1-17-23(26(32)31(29-17)21-7-3-2-4-8-21)13-19-16-30(25-10-6-5-9-22(19)25)15-18-11-12-20(27)14-24(18)28/h2-14,16H,15H2,1H3/b23-13+. The third-order valence-corrected chi connectivity index (χ3v) is 6.13. The average Bonchev–Trinajstić information content (AvgIpc) is 3.29. The summed E-state index contributed by atoms with van der Waals surface area (Å²) in [5.74, 6) is -0.133. The fourth-order valence-electron chi connectivity index (χ4n) is 3.94. The molecule has 0 N–H and O–H groups in total. The van der Waals surface area contributed by atoms with Crippen LogP contribution in [-0.4, -0.2) is 16.2 Å². The number of anilines is 1. The molecule has 0 aliphatic carbocycles. The number of hydrazone groups is 1. The molecule has 1 amide bonds. The molecule has 0 saturated carbocycles. The Morgan fingerprint density at radius 1 is 0.969 bits per heavy atom. The first-order valence-corrected chi connectivity index (χ1v) is 11.0. The summed E-state index contributed by atoms with van der Waals surface area (Å²) in [6.45, 7) is 2.45. The predicted octanol–water partition coefficient (Wildman–Crippen LogP) is 6.80. The van der Waals surface area contributed by atoms with Crippen LogP contribution < -0.4 is 5.01 Å². The Balaban J connectivity index is 1.55. The van der Waals surface area contributed by atoms with Crippen molar-refractivity contribution in [3.8, 4) is 0 Å². The van der Waals surface area contributed by atoms with Gasteiger partial charge in [0.25, 0.3) is 5.91 Å². The van der Waals surface area contributed by atoms with Crippen molar-refractivity contribution in [3.63, 3.8) is 0 Å². The van der Waals surface area contributed by atoms with E-state index >= 15 is 0 Å². The van der Waals surface area contributed by atoms with Crippen LogP contribution in [0.3, 0.4) is 0 Å². The summed E-state index contributed by atoms with van der Waals surface area (Å²) >= 11 is 12.5. The number of carbonyl (C=O) groups is 1. The molecule has 2 heterocycles. The first kappa shape index (κ1) is 20.6. The van der Waals surface area contributed by atoms with Crippen LogP contribution in [0.15, 0.2) is 89.7 Å². The van der Waals surface area contributed by atoms with Crippen LogP contribution in [0.4, 0.5) is 5.69 Å². The summed E-state index contributed by atoms with van der Waals surface area (Å²) in [6, 6.07) is 23.1. The van der Waals surface area contributed by atoms with E-state index in [-0.39, 0.29) is 5.91 Å². The highest BCUT2D eigenvalue weighted by Crippen LogP contribution is 2.30. The Labute approximate surface area is 196 Å². The number of hydrogen-bond acceptors (Lipinski definition) is 2. The molecule has 0 fully saturated rings. The van der Waals surface area contributed by atoms with E-state index in [1.165, 1.54) is 5.01 Å². The normalized spacial score (nSPS) is 15.1. The lowest BCUT2D eigenvalue weighted by molar-refractivity contribution is -0.114.